The topological polar surface area (TPSA) is 42.9 Å². The van der Waals surface area contributed by atoms with Gasteiger partial charge in [-0.15, -0.1) is 23.5 Å². The van der Waals surface area contributed by atoms with Crippen molar-refractivity contribution in [2.75, 3.05) is 17.8 Å². The fourth-order valence-electron chi connectivity index (χ4n) is 2.68. The van der Waals surface area contributed by atoms with E-state index in [1.165, 1.54) is 22.9 Å². The lowest BCUT2D eigenvalue weighted by Crippen LogP contribution is -2.22. The van der Waals surface area contributed by atoms with Crippen LogP contribution in [0, 0.1) is 5.41 Å². The molecule has 3 rings (SSSR count). The summed E-state index contributed by atoms with van der Waals surface area (Å²) >= 11 is 5.36. The predicted octanol–water partition coefficient (Wildman–Crippen LogP) is 4.32. The van der Waals surface area contributed by atoms with Gasteiger partial charge in [-0.1, -0.05) is 38.1 Å². The first-order valence-corrected chi connectivity index (χ1v) is 11.1. The Balaban J connectivity index is 1.82. The van der Waals surface area contributed by atoms with Crippen LogP contribution in [0.2, 0.25) is 0 Å². The average Bonchev–Trinajstić information content (AvgIpc) is 2.95. The second-order valence-electron chi connectivity index (χ2n) is 6.88. The molecule has 1 aliphatic heterocycles. The number of nitrogens with zero attached hydrogens (tertiary/aromatic N) is 2. The molecular weight excluding hydrogens is 344 g/mol. The minimum Gasteiger partial charge on any atom is -0.298 e. The number of Topliss-reactive ketones (excluding diaryl/α,β-unsaturated/α-hetero) is 1. The number of ketones is 1. The largest absolute Gasteiger partial charge is 0.298 e. The van der Waals surface area contributed by atoms with Crippen LogP contribution in [0.4, 0.5) is 0 Å². The molecule has 1 aliphatic carbocycles. The van der Waals surface area contributed by atoms with Gasteiger partial charge in [0.05, 0.1) is 16.0 Å². The molecule has 0 spiro atoms. The molecular formula is C17H22N2OS3. The van der Waals surface area contributed by atoms with Crippen molar-refractivity contribution in [1.82, 2.24) is 9.97 Å². The molecule has 0 fully saturated rings. The number of carbonyl (C=O) groups excluding carboxylic acids is 1. The average molecular weight is 367 g/mol. The summed E-state index contributed by atoms with van der Waals surface area (Å²) in [4.78, 5) is 21.4. The molecule has 0 bridgehead atoms. The Morgan fingerprint density at radius 2 is 2.17 bits per heavy atom. The maximum absolute atomic E-state index is 12.1. The van der Waals surface area contributed by atoms with Crippen LogP contribution in [0.5, 0.6) is 0 Å². The van der Waals surface area contributed by atoms with Crippen molar-refractivity contribution < 1.29 is 4.79 Å². The Bertz CT molecular complexity index is 664. The van der Waals surface area contributed by atoms with Crippen LogP contribution < -0.4 is 0 Å². The standard InChI is InChI=1S/C17H22N2OS3/c1-17(2,3)12(20)9-23-16-18-7-10-5-6-11-8-22-15(21-4)13(11)14(10)19-16/h7,15H,5-6,8-9H2,1-4H3. The van der Waals surface area contributed by atoms with Crippen molar-refractivity contribution in [2.45, 2.75) is 43.4 Å². The highest BCUT2D eigenvalue weighted by atomic mass is 32.2. The molecule has 0 aromatic carbocycles. The van der Waals surface area contributed by atoms with Crippen LogP contribution in [0.25, 0.3) is 5.57 Å². The third-order valence-electron chi connectivity index (χ3n) is 4.20. The number of rotatable bonds is 4. The maximum atomic E-state index is 12.1. The zero-order chi connectivity index (χ0) is 16.6. The van der Waals surface area contributed by atoms with Crippen LogP contribution in [-0.2, 0) is 11.2 Å². The molecule has 1 aromatic heterocycles. The van der Waals surface area contributed by atoms with E-state index >= 15 is 0 Å². The van der Waals surface area contributed by atoms with Crippen molar-refractivity contribution in [3.05, 3.63) is 23.0 Å². The summed E-state index contributed by atoms with van der Waals surface area (Å²) in [6.45, 7) is 5.87. The summed E-state index contributed by atoms with van der Waals surface area (Å²) in [5, 5.41) is 0.729. The quantitative estimate of drug-likeness (QED) is 0.584. The minimum absolute atomic E-state index is 0.238. The molecule has 6 heteroatoms. The van der Waals surface area contributed by atoms with E-state index in [1.807, 2.05) is 50.5 Å². The van der Waals surface area contributed by atoms with Gasteiger partial charge in [-0.05, 0) is 24.7 Å². The molecule has 1 unspecified atom stereocenters. The fourth-order valence-corrected chi connectivity index (χ4v) is 6.02. The summed E-state index contributed by atoms with van der Waals surface area (Å²) in [5.74, 6) is 1.81. The van der Waals surface area contributed by atoms with Crippen molar-refractivity contribution in [1.29, 1.82) is 0 Å². The molecule has 0 saturated carbocycles. The van der Waals surface area contributed by atoms with Gasteiger partial charge in [0, 0.05) is 22.9 Å². The van der Waals surface area contributed by atoms with E-state index in [4.69, 9.17) is 4.98 Å². The van der Waals surface area contributed by atoms with E-state index in [0.717, 1.165) is 29.4 Å². The second kappa shape index (κ2) is 6.81. The zero-order valence-corrected chi connectivity index (χ0v) is 16.5. The van der Waals surface area contributed by atoms with Crippen molar-refractivity contribution in [3.8, 4) is 0 Å². The molecule has 0 saturated heterocycles. The Hall–Kier alpha value is -0.460. The summed E-state index contributed by atoms with van der Waals surface area (Å²) < 4.78 is 0.494. The molecule has 0 N–H and O–H groups in total. The van der Waals surface area contributed by atoms with Gasteiger partial charge < -0.3 is 0 Å². The normalized spacial score (nSPS) is 20.4. The monoisotopic (exact) mass is 366 g/mol. The van der Waals surface area contributed by atoms with Crippen LogP contribution in [0.1, 0.15) is 38.4 Å². The number of fused-ring (bicyclic) bond motifs is 2. The van der Waals surface area contributed by atoms with Gasteiger partial charge >= 0.3 is 0 Å². The van der Waals surface area contributed by atoms with Gasteiger partial charge in [0.2, 0.25) is 0 Å². The first-order chi connectivity index (χ1) is 10.9. The van der Waals surface area contributed by atoms with E-state index in [9.17, 15) is 4.79 Å². The van der Waals surface area contributed by atoms with Gasteiger partial charge in [0.1, 0.15) is 5.78 Å². The first kappa shape index (κ1) is 17.4. The Morgan fingerprint density at radius 3 is 2.87 bits per heavy atom. The van der Waals surface area contributed by atoms with E-state index in [-0.39, 0.29) is 11.2 Å². The van der Waals surface area contributed by atoms with E-state index < -0.39 is 0 Å². The lowest BCUT2D eigenvalue weighted by molar-refractivity contribution is -0.123. The minimum atomic E-state index is -0.303. The summed E-state index contributed by atoms with van der Waals surface area (Å²) in [7, 11) is 0. The smallest absolute Gasteiger partial charge is 0.188 e. The molecule has 3 nitrogen and oxygen atoms in total. The van der Waals surface area contributed by atoms with Crippen molar-refractivity contribution in [3.63, 3.8) is 0 Å². The lowest BCUT2D eigenvalue weighted by atomic mass is 9.92. The molecule has 2 heterocycles. The number of aromatic nitrogens is 2. The number of hydrogen-bond donors (Lipinski definition) is 0. The number of aryl methyl sites for hydroxylation is 1. The Labute approximate surface area is 150 Å². The molecule has 0 amide bonds. The third-order valence-corrected chi connectivity index (χ3v) is 7.77. The van der Waals surface area contributed by atoms with E-state index in [1.54, 1.807) is 5.57 Å². The number of thioether (sulfide) groups is 3. The van der Waals surface area contributed by atoms with Crippen molar-refractivity contribution >= 4 is 46.6 Å². The highest BCUT2D eigenvalue weighted by Gasteiger charge is 2.32. The molecule has 1 aromatic rings. The van der Waals surface area contributed by atoms with Crippen molar-refractivity contribution in [2.24, 2.45) is 5.41 Å². The summed E-state index contributed by atoms with van der Waals surface area (Å²) in [6, 6.07) is 0. The fraction of sp³-hybridized carbons (Fsp3) is 0.588. The first-order valence-electron chi connectivity index (χ1n) is 7.79. The van der Waals surface area contributed by atoms with Gasteiger partial charge in [0.25, 0.3) is 0 Å². The second-order valence-corrected chi connectivity index (χ2v) is 10.2. The van der Waals surface area contributed by atoms with Crippen LogP contribution >= 0.6 is 35.3 Å². The zero-order valence-electron chi connectivity index (χ0n) is 14.0. The summed E-state index contributed by atoms with van der Waals surface area (Å²) in [5.41, 5.74) is 5.08. The third kappa shape index (κ3) is 3.64. The Morgan fingerprint density at radius 1 is 1.39 bits per heavy atom. The SMILES string of the molecule is CSC1SCC2=C1c1nc(SCC(=O)C(C)(C)C)ncc1CC2. The maximum Gasteiger partial charge on any atom is 0.188 e. The molecule has 124 valence electrons. The highest BCUT2D eigenvalue weighted by molar-refractivity contribution is 8.17. The van der Waals surface area contributed by atoms with Crippen LogP contribution in [0.3, 0.4) is 0 Å². The van der Waals surface area contributed by atoms with Crippen LogP contribution in [-0.4, -0.2) is 38.1 Å². The molecule has 0 radical (unpaired) electrons. The molecule has 1 atom stereocenters. The predicted molar refractivity (Wildman–Crippen MR) is 102 cm³/mol. The molecule has 23 heavy (non-hydrogen) atoms. The number of hydrogen-bond acceptors (Lipinski definition) is 6. The number of carbonyl (C=O) groups is 1. The summed E-state index contributed by atoms with van der Waals surface area (Å²) in [6.07, 6.45) is 6.32. The van der Waals surface area contributed by atoms with Gasteiger partial charge in [0.15, 0.2) is 5.16 Å². The van der Waals surface area contributed by atoms with E-state index in [0.29, 0.717) is 10.3 Å². The van der Waals surface area contributed by atoms with Crippen LogP contribution in [0.15, 0.2) is 16.9 Å². The Kier molecular flexibility index (Phi) is 5.14. The highest BCUT2D eigenvalue weighted by Crippen LogP contribution is 2.47. The lowest BCUT2D eigenvalue weighted by Gasteiger charge is -2.21. The van der Waals surface area contributed by atoms with Gasteiger partial charge in [-0.25, -0.2) is 9.97 Å². The van der Waals surface area contributed by atoms with Gasteiger partial charge in [-0.3, -0.25) is 4.79 Å². The van der Waals surface area contributed by atoms with Gasteiger partial charge in [-0.2, -0.15) is 0 Å². The molecule has 2 aliphatic rings. The van der Waals surface area contributed by atoms with E-state index in [2.05, 4.69) is 11.2 Å².